The Bertz CT molecular complexity index is 557. The molecule has 1 amide bonds. The molecule has 0 N–H and O–H groups in total. The molecule has 0 aromatic carbocycles. The van der Waals surface area contributed by atoms with Crippen LogP contribution in [0.3, 0.4) is 0 Å². The van der Waals surface area contributed by atoms with Gasteiger partial charge in [0.15, 0.2) is 0 Å². The van der Waals surface area contributed by atoms with Gasteiger partial charge in [-0.05, 0) is 34.5 Å². The summed E-state index contributed by atoms with van der Waals surface area (Å²) in [6.07, 6.45) is 4.89. The van der Waals surface area contributed by atoms with Crippen molar-refractivity contribution in [2.45, 2.75) is 18.9 Å². The molecule has 0 spiro atoms. The van der Waals surface area contributed by atoms with Crippen LogP contribution in [0.2, 0.25) is 0 Å². The average Bonchev–Trinajstić information content (AvgIpc) is 3.11. The maximum atomic E-state index is 12.2. The Hall–Kier alpha value is -1.88. The van der Waals surface area contributed by atoms with Gasteiger partial charge >= 0.3 is 0 Å². The molecule has 0 aliphatic carbocycles. The van der Waals surface area contributed by atoms with Crippen molar-refractivity contribution in [1.82, 2.24) is 9.88 Å². The highest BCUT2D eigenvalue weighted by molar-refractivity contribution is 7.07. The van der Waals surface area contributed by atoms with Gasteiger partial charge in [-0.25, -0.2) is 0 Å². The monoisotopic (exact) mass is 288 g/mol. The maximum absolute atomic E-state index is 12.2. The largest absolute Gasteiger partial charge is 0.488 e. The smallest absolute Gasteiger partial charge is 0.227 e. The molecular formula is C15H16N2O2S. The van der Waals surface area contributed by atoms with Gasteiger partial charge in [-0.2, -0.15) is 11.3 Å². The summed E-state index contributed by atoms with van der Waals surface area (Å²) < 4.78 is 5.86. The highest BCUT2D eigenvalue weighted by Gasteiger charge is 2.27. The van der Waals surface area contributed by atoms with Gasteiger partial charge in [0, 0.05) is 25.4 Å². The van der Waals surface area contributed by atoms with Crippen molar-refractivity contribution < 1.29 is 9.53 Å². The number of pyridine rings is 1. The number of rotatable bonds is 4. The summed E-state index contributed by atoms with van der Waals surface area (Å²) in [6.45, 7) is 1.45. The fourth-order valence-electron chi connectivity index (χ4n) is 2.34. The van der Waals surface area contributed by atoms with Crippen molar-refractivity contribution in [2.75, 3.05) is 13.1 Å². The predicted octanol–water partition coefficient (Wildman–Crippen LogP) is 2.37. The van der Waals surface area contributed by atoms with Crippen LogP contribution in [0.15, 0.2) is 41.4 Å². The minimum absolute atomic E-state index is 0.0869. The number of nitrogens with zero attached hydrogens (tertiary/aromatic N) is 2. The third-order valence-electron chi connectivity index (χ3n) is 3.39. The number of hydrogen-bond acceptors (Lipinski definition) is 4. The fourth-order valence-corrected chi connectivity index (χ4v) is 3.01. The number of thiophene rings is 1. The lowest BCUT2D eigenvalue weighted by atomic mass is 10.2. The van der Waals surface area contributed by atoms with E-state index in [0.29, 0.717) is 13.0 Å². The normalized spacial score (nSPS) is 18.2. The third kappa shape index (κ3) is 3.17. The van der Waals surface area contributed by atoms with Crippen LogP contribution in [0.5, 0.6) is 5.75 Å². The second kappa shape index (κ2) is 6.05. The fraction of sp³-hybridized carbons (Fsp3) is 0.333. The number of hydrogen-bond donors (Lipinski definition) is 0. The average molecular weight is 288 g/mol. The molecule has 1 fully saturated rings. The summed E-state index contributed by atoms with van der Waals surface area (Å²) >= 11 is 1.63. The van der Waals surface area contributed by atoms with Crippen LogP contribution in [0.1, 0.15) is 12.0 Å². The summed E-state index contributed by atoms with van der Waals surface area (Å²) in [5.41, 5.74) is 1.10. The Balaban J connectivity index is 1.53. The number of ether oxygens (including phenoxy) is 1. The van der Waals surface area contributed by atoms with Gasteiger partial charge in [0.1, 0.15) is 11.9 Å². The summed E-state index contributed by atoms with van der Waals surface area (Å²) in [7, 11) is 0. The minimum atomic E-state index is 0.0869. The summed E-state index contributed by atoms with van der Waals surface area (Å²) in [5.74, 6) is 1.00. The highest BCUT2D eigenvalue weighted by atomic mass is 32.1. The number of aromatic nitrogens is 1. The van der Waals surface area contributed by atoms with Crippen molar-refractivity contribution in [2.24, 2.45) is 0 Å². The Morgan fingerprint density at radius 1 is 1.40 bits per heavy atom. The zero-order chi connectivity index (χ0) is 13.8. The first-order valence-corrected chi connectivity index (χ1v) is 7.61. The van der Waals surface area contributed by atoms with Crippen LogP contribution in [0.4, 0.5) is 0 Å². The van der Waals surface area contributed by atoms with E-state index in [4.69, 9.17) is 4.74 Å². The van der Waals surface area contributed by atoms with Crippen molar-refractivity contribution in [1.29, 1.82) is 0 Å². The zero-order valence-electron chi connectivity index (χ0n) is 11.1. The van der Waals surface area contributed by atoms with E-state index >= 15 is 0 Å². The first-order valence-electron chi connectivity index (χ1n) is 6.67. The van der Waals surface area contributed by atoms with Gasteiger partial charge in [-0.15, -0.1) is 0 Å². The number of amides is 1. The number of likely N-dealkylation sites (tertiary alicyclic amines) is 1. The molecule has 0 bridgehead atoms. The van der Waals surface area contributed by atoms with Crippen molar-refractivity contribution >= 4 is 17.2 Å². The lowest BCUT2D eigenvalue weighted by Crippen LogP contribution is -2.32. The molecule has 3 heterocycles. The molecule has 2 aromatic rings. The van der Waals surface area contributed by atoms with E-state index in [-0.39, 0.29) is 12.0 Å². The molecule has 1 atom stereocenters. The number of carbonyl (C=O) groups excluding carboxylic acids is 1. The Labute approximate surface area is 122 Å². The van der Waals surface area contributed by atoms with E-state index in [1.807, 2.05) is 33.9 Å². The highest BCUT2D eigenvalue weighted by Crippen LogP contribution is 2.18. The molecule has 1 aliphatic heterocycles. The molecule has 20 heavy (non-hydrogen) atoms. The second-order valence-corrected chi connectivity index (χ2v) is 5.64. The van der Waals surface area contributed by atoms with E-state index in [1.165, 1.54) is 0 Å². The van der Waals surface area contributed by atoms with Gasteiger partial charge in [0.05, 0.1) is 13.0 Å². The van der Waals surface area contributed by atoms with Gasteiger partial charge < -0.3 is 9.64 Å². The summed E-state index contributed by atoms with van der Waals surface area (Å²) in [4.78, 5) is 18.0. The van der Waals surface area contributed by atoms with E-state index in [2.05, 4.69) is 4.98 Å². The molecule has 0 saturated carbocycles. The van der Waals surface area contributed by atoms with Gasteiger partial charge in [0.2, 0.25) is 5.91 Å². The number of carbonyl (C=O) groups is 1. The standard InChI is InChI=1S/C15H16N2O2S/c18-15(9-12-4-8-20-11-12)17-7-3-14(10-17)19-13-1-5-16-6-2-13/h1-2,4-6,8,11,14H,3,7,9-10H2/t14-/m1/s1. The van der Waals surface area contributed by atoms with E-state index in [0.717, 1.165) is 24.3 Å². The van der Waals surface area contributed by atoms with Crippen LogP contribution in [-0.4, -0.2) is 35.0 Å². The molecule has 2 aromatic heterocycles. The van der Waals surface area contributed by atoms with Crippen LogP contribution in [0, 0.1) is 0 Å². The Morgan fingerprint density at radius 3 is 3.00 bits per heavy atom. The second-order valence-electron chi connectivity index (χ2n) is 4.86. The van der Waals surface area contributed by atoms with Gasteiger partial charge in [-0.3, -0.25) is 9.78 Å². The third-order valence-corrected chi connectivity index (χ3v) is 4.12. The first kappa shape index (κ1) is 13.1. The SMILES string of the molecule is O=C(Cc1ccsc1)N1CC[C@@H](Oc2ccncc2)C1. The molecule has 1 aliphatic rings. The lowest BCUT2D eigenvalue weighted by molar-refractivity contribution is -0.129. The van der Waals surface area contributed by atoms with Gasteiger partial charge in [0.25, 0.3) is 0 Å². The maximum Gasteiger partial charge on any atom is 0.227 e. The molecule has 4 nitrogen and oxygen atoms in total. The molecule has 0 unspecified atom stereocenters. The molecule has 104 valence electrons. The molecule has 3 rings (SSSR count). The lowest BCUT2D eigenvalue weighted by Gasteiger charge is -2.17. The van der Waals surface area contributed by atoms with Crippen LogP contribution in [-0.2, 0) is 11.2 Å². The van der Waals surface area contributed by atoms with E-state index in [1.54, 1.807) is 23.7 Å². The van der Waals surface area contributed by atoms with Crippen molar-refractivity contribution in [3.05, 3.63) is 46.9 Å². The Morgan fingerprint density at radius 2 is 2.25 bits per heavy atom. The van der Waals surface area contributed by atoms with Crippen molar-refractivity contribution in [3.8, 4) is 5.75 Å². The first-order chi connectivity index (χ1) is 9.81. The van der Waals surface area contributed by atoms with Gasteiger partial charge in [-0.1, -0.05) is 0 Å². The summed E-state index contributed by atoms with van der Waals surface area (Å²) in [5, 5.41) is 4.03. The van der Waals surface area contributed by atoms with Crippen molar-refractivity contribution in [3.63, 3.8) is 0 Å². The molecule has 0 radical (unpaired) electrons. The molecular weight excluding hydrogens is 272 g/mol. The van der Waals surface area contributed by atoms with Crippen LogP contribution < -0.4 is 4.74 Å². The molecule has 1 saturated heterocycles. The summed E-state index contributed by atoms with van der Waals surface area (Å²) in [6, 6.07) is 5.69. The van der Waals surface area contributed by atoms with Crippen LogP contribution in [0.25, 0.3) is 0 Å². The quantitative estimate of drug-likeness (QED) is 0.867. The van der Waals surface area contributed by atoms with E-state index in [9.17, 15) is 4.79 Å². The van der Waals surface area contributed by atoms with Crippen LogP contribution >= 0.6 is 11.3 Å². The predicted molar refractivity (Wildman–Crippen MR) is 77.9 cm³/mol. The Kier molecular flexibility index (Phi) is 3.97. The zero-order valence-corrected chi connectivity index (χ0v) is 11.9. The minimum Gasteiger partial charge on any atom is -0.488 e. The molecule has 5 heteroatoms. The van der Waals surface area contributed by atoms with E-state index < -0.39 is 0 Å². The topological polar surface area (TPSA) is 42.4 Å².